The third-order valence-electron chi connectivity index (χ3n) is 6.82. The first kappa shape index (κ1) is 24.1. The van der Waals surface area contributed by atoms with Gasteiger partial charge in [-0.05, 0) is 58.6 Å². The fourth-order valence-electron chi connectivity index (χ4n) is 4.92. The standard InChI is InChI=1S/C28H30FN5O2/c1-2-33(11-12-35)15-21-7-9-22(29)14-23(21)18-8-10-25-24(13-18)26(32-28(30)31-25)27(36)34-16-19-5-3-4-6-20(19)17-34/h3-10,13-14,28,31,35H,2,11-12,15-17,30H2,1H3. The first-order chi connectivity index (χ1) is 17.5. The molecule has 4 N–H and O–H groups in total. The van der Waals surface area contributed by atoms with Crippen LogP contribution in [0.4, 0.5) is 10.1 Å². The van der Waals surface area contributed by atoms with Gasteiger partial charge in [-0.3, -0.25) is 15.4 Å². The number of aliphatic hydroxyl groups is 1. The number of hydrogen-bond acceptors (Lipinski definition) is 6. The maximum Gasteiger partial charge on any atom is 0.273 e. The van der Waals surface area contributed by atoms with Crippen LogP contribution in [-0.2, 0) is 24.4 Å². The molecule has 3 aromatic carbocycles. The van der Waals surface area contributed by atoms with Crippen molar-refractivity contribution in [3.63, 3.8) is 0 Å². The molecule has 0 saturated heterocycles. The number of carbonyl (C=O) groups is 1. The molecule has 186 valence electrons. The molecule has 0 aromatic heterocycles. The van der Waals surface area contributed by atoms with Crippen molar-refractivity contribution in [1.82, 2.24) is 9.80 Å². The Bertz CT molecular complexity index is 1300. The predicted octanol–water partition coefficient (Wildman–Crippen LogP) is 3.31. The highest BCUT2D eigenvalue weighted by Crippen LogP contribution is 2.33. The Morgan fingerprint density at radius 1 is 1.14 bits per heavy atom. The lowest BCUT2D eigenvalue weighted by Gasteiger charge is -2.26. The van der Waals surface area contributed by atoms with E-state index in [4.69, 9.17) is 5.73 Å². The van der Waals surface area contributed by atoms with Crippen molar-refractivity contribution in [3.8, 4) is 11.1 Å². The van der Waals surface area contributed by atoms with Crippen LogP contribution in [0.5, 0.6) is 0 Å². The summed E-state index contributed by atoms with van der Waals surface area (Å²) in [5, 5.41) is 12.5. The molecule has 0 radical (unpaired) electrons. The second kappa shape index (κ2) is 10.2. The number of likely N-dealkylation sites (N-methyl/N-ethyl adjacent to an activating group) is 1. The Balaban J connectivity index is 1.50. The number of benzene rings is 3. The lowest BCUT2D eigenvalue weighted by atomic mass is 9.94. The van der Waals surface area contributed by atoms with Gasteiger partial charge in [0.25, 0.3) is 5.91 Å². The smallest absolute Gasteiger partial charge is 0.273 e. The van der Waals surface area contributed by atoms with Gasteiger partial charge in [0.1, 0.15) is 11.5 Å². The van der Waals surface area contributed by atoms with Crippen molar-refractivity contribution in [1.29, 1.82) is 0 Å². The van der Waals surface area contributed by atoms with Crippen molar-refractivity contribution in [2.75, 3.05) is 25.0 Å². The molecule has 36 heavy (non-hydrogen) atoms. The minimum absolute atomic E-state index is 0.0530. The third kappa shape index (κ3) is 4.75. The molecule has 0 bridgehead atoms. The van der Waals surface area contributed by atoms with Crippen molar-refractivity contribution < 1.29 is 14.3 Å². The lowest BCUT2D eigenvalue weighted by molar-refractivity contribution is -0.124. The Hall–Kier alpha value is -3.59. The van der Waals surface area contributed by atoms with Gasteiger partial charge >= 0.3 is 0 Å². The third-order valence-corrected chi connectivity index (χ3v) is 6.82. The molecule has 8 heteroatoms. The maximum atomic E-state index is 14.4. The number of carbonyl (C=O) groups excluding carboxylic acids is 1. The second-order valence-corrected chi connectivity index (χ2v) is 9.15. The number of amides is 1. The molecule has 2 heterocycles. The fraction of sp³-hybridized carbons (Fsp3) is 0.286. The average Bonchev–Trinajstić information content (AvgIpc) is 3.32. The van der Waals surface area contributed by atoms with Gasteiger partial charge in [-0.1, -0.05) is 43.3 Å². The first-order valence-electron chi connectivity index (χ1n) is 12.2. The number of hydrogen-bond donors (Lipinski definition) is 3. The van der Waals surface area contributed by atoms with Crippen LogP contribution in [0.25, 0.3) is 11.1 Å². The van der Waals surface area contributed by atoms with E-state index in [2.05, 4.69) is 15.2 Å². The minimum atomic E-state index is -0.728. The lowest BCUT2D eigenvalue weighted by Crippen LogP contribution is -2.40. The Morgan fingerprint density at radius 3 is 2.58 bits per heavy atom. The normalized spacial score (nSPS) is 16.4. The van der Waals surface area contributed by atoms with Crippen molar-refractivity contribution in [2.24, 2.45) is 10.7 Å². The molecular formula is C28H30FN5O2. The van der Waals surface area contributed by atoms with E-state index in [1.54, 1.807) is 11.0 Å². The van der Waals surface area contributed by atoms with Crippen molar-refractivity contribution in [2.45, 2.75) is 32.8 Å². The van der Waals surface area contributed by atoms with Crippen molar-refractivity contribution in [3.05, 3.63) is 88.7 Å². The Morgan fingerprint density at radius 2 is 1.89 bits per heavy atom. The molecule has 0 saturated carbocycles. The number of fused-ring (bicyclic) bond motifs is 2. The molecule has 0 aliphatic carbocycles. The minimum Gasteiger partial charge on any atom is -0.395 e. The van der Waals surface area contributed by atoms with E-state index in [-0.39, 0.29) is 18.3 Å². The monoisotopic (exact) mass is 487 g/mol. The van der Waals surface area contributed by atoms with Crippen LogP contribution in [0, 0.1) is 5.82 Å². The van der Waals surface area contributed by atoms with Gasteiger partial charge in [0, 0.05) is 37.4 Å². The van der Waals surface area contributed by atoms with E-state index < -0.39 is 6.29 Å². The average molecular weight is 488 g/mol. The molecule has 1 unspecified atom stereocenters. The molecule has 0 fully saturated rings. The summed E-state index contributed by atoms with van der Waals surface area (Å²) in [7, 11) is 0. The van der Waals surface area contributed by atoms with Crippen LogP contribution in [-0.4, -0.2) is 52.5 Å². The summed E-state index contributed by atoms with van der Waals surface area (Å²) in [6.45, 7) is 4.98. The topological polar surface area (TPSA) is 94.2 Å². The van der Waals surface area contributed by atoms with E-state index in [0.29, 0.717) is 37.5 Å². The van der Waals surface area contributed by atoms with Gasteiger partial charge in [-0.25, -0.2) is 9.38 Å². The number of aliphatic imine (C=N–C) groups is 1. The number of nitrogens with two attached hydrogens (primary N) is 1. The Kier molecular flexibility index (Phi) is 6.82. The van der Waals surface area contributed by atoms with Crippen LogP contribution in [0.1, 0.15) is 29.2 Å². The SMILES string of the molecule is CCN(CCO)Cc1ccc(F)cc1-c1ccc2c(c1)C(C(=O)N1Cc3ccccc3C1)=NC(N)N2. The zero-order valence-corrected chi connectivity index (χ0v) is 20.2. The molecule has 2 aliphatic rings. The highest BCUT2D eigenvalue weighted by molar-refractivity contribution is 6.46. The van der Waals surface area contributed by atoms with Crippen LogP contribution >= 0.6 is 0 Å². The zero-order chi connectivity index (χ0) is 25.2. The number of halogens is 1. The van der Waals surface area contributed by atoms with E-state index in [0.717, 1.165) is 40.0 Å². The van der Waals surface area contributed by atoms with Crippen LogP contribution in [0.15, 0.2) is 65.7 Å². The van der Waals surface area contributed by atoms with Gasteiger partial charge in [0.05, 0.1) is 6.61 Å². The molecule has 7 nitrogen and oxygen atoms in total. The van der Waals surface area contributed by atoms with Gasteiger partial charge < -0.3 is 15.3 Å². The van der Waals surface area contributed by atoms with E-state index in [1.807, 2.05) is 49.4 Å². The molecule has 3 aromatic rings. The van der Waals surface area contributed by atoms with Gasteiger partial charge in [0.2, 0.25) is 0 Å². The maximum absolute atomic E-state index is 14.4. The van der Waals surface area contributed by atoms with E-state index >= 15 is 0 Å². The molecule has 1 amide bonds. The summed E-state index contributed by atoms with van der Waals surface area (Å²) in [4.78, 5) is 22.0. The van der Waals surface area contributed by atoms with E-state index in [1.165, 1.54) is 12.1 Å². The summed E-state index contributed by atoms with van der Waals surface area (Å²) in [5.41, 5.74) is 12.5. The van der Waals surface area contributed by atoms with Gasteiger partial charge in [-0.15, -0.1) is 0 Å². The van der Waals surface area contributed by atoms with E-state index in [9.17, 15) is 14.3 Å². The fourth-order valence-corrected chi connectivity index (χ4v) is 4.92. The summed E-state index contributed by atoms with van der Waals surface area (Å²) in [6.07, 6.45) is -0.728. The second-order valence-electron chi connectivity index (χ2n) is 9.15. The number of nitrogens with one attached hydrogen (secondary N) is 1. The summed E-state index contributed by atoms with van der Waals surface area (Å²) >= 11 is 0. The molecule has 5 rings (SSSR count). The Labute approximate surface area is 210 Å². The number of aliphatic hydroxyl groups excluding tert-OH is 1. The number of anilines is 1. The molecule has 2 aliphatic heterocycles. The van der Waals surface area contributed by atoms with Crippen LogP contribution < -0.4 is 11.1 Å². The van der Waals surface area contributed by atoms with Gasteiger partial charge in [0.15, 0.2) is 6.29 Å². The zero-order valence-electron chi connectivity index (χ0n) is 20.2. The molecule has 0 spiro atoms. The molecular weight excluding hydrogens is 457 g/mol. The predicted molar refractivity (Wildman–Crippen MR) is 139 cm³/mol. The summed E-state index contributed by atoms with van der Waals surface area (Å²) in [5.74, 6) is -0.516. The highest BCUT2D eigenvalue weighted by atomic mass is 19.1. The summed E-state index contributed by atoms with van der Waals surface area (Å²) < 4.78 is 14.4. The largest absolute Gasteiger partial charge is 0.395 e. The van der Waals surface area contributed by atoms with Crippen LogP contribution in [0.2, 0.25) is 0 Å². The number of rotatable bonds is 7. The van der Waals surface area contributed by atoms with Crippen molar-refractivity contribution >= 4 is 17.3 Å². The number of nitrogens with zero attached hydrogens (tertiary/aromatic N) is 3. The quantitative estimate of drug-likeness (QED) is 0.476. The summed E-state index contributed by atoms with van der Waals surface area (Å²) in [6, 6.07) is 18.4. The molecule has 1 atom stereocenters. The van der Waals surface area contributed by atoms with Gasteiger partial charge in [-0.2, -0.15) is 0 Å². The highest BCUT2D eigenvalue weighted by Gasteiger charge is 2.31. The first-order valence-corrected chi connectivity index (χ1v) is 12.2. The van der Waals surface area contributed by atoms with Crippen LogP contribution in [0.3, 0.4) is 0 Å².